The van der Waals surface area contributed by atoms with Crippen LogP contribution in [-0.2, 0) is 4.79 Å². The number of nitrogens with zero attached hydrogens (tertiary/aromatic N) is 1. The first-order valence-electron chi connectivity index (χ1n) is 11.9. The van der Waals surface area contributed by atoms with Gasteiger partial charge in [-0.1, -0.05) is 61.5 Å². The topological polar surface area (TPSA) is 58.6 Å². The molecule has 0 saturated heterocycles. The first kappa shape index (κ1) is 24.0. The van der Waals surface area contributed by atoms with Crippen molar-refractivity contribution in [3.63, 3.8) is 0 Å². The fourth-order valence-electron chi connectivity index (χ4n) is 4.11. The number of hydrogen-bond acceptors (Lipinski definition) is 3. The number of nitrogens with one attached hydrogen (secondary N) is 1. The van der Waals surface area contributed by atoms with Gasteiger partial charge >= 0.3 is 0 Å². The summed E-state index contributed by atoms with van der Waals surface area (Å²) >= 11 is 0. The summed E-state index contributed by atoms with van der Waals surface area (Å²) in [5, 5.41) is 5.04. The third kappa shape index (κ3) is 5.35. The van der Waals surface area contributed by atoms with Gasteiger partial charge in [0.2, 0.25) is 0 Å². The van der Waals surface area contributed by atoms with Crippen molar-refractivity contribution >= 4 is 34.0 Å². The Morgan fingerprint density at radius 3 is 2.26 bits per heavy atom. The zero-order valence-corrected chi connectivity index (χ0v) is 20.3. The summed E-state index contributed by atoms with van der Waals surface area (Å²) in [7, 11) is 0. The zero-order valence-electron chi connectivity index (χ0n) is 20.3. The molecule has 2 amide bonds. The average molecular weight is 467 g/mol. The molecule has 0 radical (unpaired) electrons. The maximum Gasteiger partial charge on any atom is 0.265 e. The van der Waals surface area contributed by atoms with Gasteiger partial charge in [-0.25, -0.2) is 0 Å². The lowest BCUT2D eigenvalue weighted by Gasteiger charge is -2.23. The Bertz CT molecular complexity index is 1330. The summed E-state index contributed by atoms with van der Waals surface area (Å²) in [6.45, 7) is 6.37. The van der Waals surface area contributed by atoms with Crippen LogP contribution in [-0.4, -0.2) is 24.5 Å². The number of anilines is 2. The number of aryl methyl sites for hydroxylation is 1. The molecule has 35 heavy (non-hydrogen) atoms. The van der Waals surface area contributed by atoms with Gasteiger partial charge in [0.15, 0.2) is 6.10 Å². The molecular weight excluding hydrogens is 436 g/mol. The fourth-order valence-corrected chi connectivity index (χ4v) is 4.11. The normalized spacial score (nSPS) is 11.6. The highest BCUT2D eigenvalue weighted by Gasteiger charge is 2.21. The standard InChI is InChI=1S/C30H30N2O3/c1-4-27(35-28-16-9-6-11-21(28)3)29(33)31-24-19-17-23(18-20-24)30(34)32(5-2)26-15-10-13-22-12-7-8-14-25(22)26/h6-20,27H,4-5H2,1-3H3,(H,31,33). The van der Waals surface area contributed by atoms with E-state index in [0.717, 1.165) is 22.0 Å². The van der Waals surface area contributed by atoms with Crippen LogP contribution in [0.15, 0.2) is 91.0 Å². The number of carbonyl (C=O) groups excluding carboxylic acids is 2. The molecule has 1 N–H and O–H groups in total. The number of rotatable bonds is 8. The van der Waals surface area contributed by atoms with E-state index in [4.69, 9.17) is 4.74 Å². The van der Waals surface area contributed by atoms with Crippen molar-refractivity contribution in [2.75, 3.05) is 16.8 Å². The number of benzene rings is 4. The van der Waals surface area contributed by atoms with Crippen molar-refractivity contribution in [2.45, 2.75) is 33.3 Å². The number of carbonyl (C=O) groups is 2. The van der Waals surface area contributed by atoms with Crippen LogP contribution in [0.1, 0.15) is 36.2 Å². The maximum absolute atomic E-state index is 13.4. The minimum atomic E-state index is -0.612. The molecule has 0 spiro atoms. The van der Waals surface area contributed by atoms with Gasteiger partial charge in [-0.3, -0.25) is 9.59 Å². The van der Waals surface area contributed by atoms with Crippen molar-refractivity contribution in [3.05, 3.63) is 102 Å². The highest BCUT2D eigenvalue weighted by Crippen LogP contribution is 2.28. The van der Waals surface area contributed by atoms with E-state index in [1.54, 1.807) is 29.2 Å². The smallest absolute Gasteiger partial charge is 0.265 e. The van der Waals surface area contributed by atoms with E-state index in [2.05, 4.69) is 5.32 Å². The van der Waals surface area contributed by atoms with E-state index in [1.165, 1.54) is 0 Å². The van der Waals surface area contributed by atoms with E-state index in [1.807, 2.05) is 87.5 Å². The van der Waals surface area contributed by atoms with Gasteiger partial charge in [0.1, 0.15) is 5.75 Å². The lowest BCUT2D eigenvalue weighted by Crippen LogP contribution is -2.32. The molecule has 0 bridgehead atoms. The number of para-hydroxylation sites is 1. The van der Waals surface area contributed by atoms with Gasteiger partial charge in [-0.05, 0) is 67.6 Å². The molecule has 0 aliphatic rings. The third-order valence-electron chi connectivity index (χ3n) is 6.04. The Hall–Kier alpha value is -4.12. The summed E-state index contributed by atoms with van der Waals surface area (Å²) < 4.78 is 5.95. The summed E-state index contributed by atoms with van der Waals surface area (Å²) in [5.41, 5.74) is 3.04. The van der Waals surface area contributed by atoms with E-state index < -0.39 is 6.10 Å². The highest BCUT2D eigenvalue weighted by molar-refractivity contribution is 6.11. The number of ether oxygens (including phenoxy) is 1. The Morgan fingerprint density at radius 2 is 1.54 bits per heavy atom. The monoisotopic (exact) mass is 466 g/mol. The molecule has 4 aromatic rings. The molecule has 0 saturated carbocycles. The van der Waals surface area contributed by atoms with Crippen LogP contribution < -0.4 is 15.0 Å². The van der Waals surface area contributed by atoms with Crippen molar-refractivity contribution < 1.29 is 14.3 Å². The zero-order chi connectivity index (χ0) is 24.8. The lowest BCUT2D eigenvalue weighted by atomic mass is 10.1. The van der Waals surface area contributed by atoms with Gasteiger partial charge in [0, 0.05) is 23.2 Å². The lowest BCUT2D eigenvalue weighted by molar-refractivity contribution is -0.122. The molecule has 4 aromatic carbocycles. The van der Waals surface area contributed by atoms with E-state index >= 15 is 0 Å². The van der Waals surface area contributed by atoms with Crippen molar-refractivity contribution in [1.29, 1.82) is 0 Å². The number of amides is 2. The molecule has 0 heterocycles. The van der Waals surface area contributed by atoms with Gasteiger partial charge < -0.3 is 15.0 Å². The molecule has 4 rings (SSSR count). The minimum Gasteiger partial charge on any atom is -0.480 e. The first-order valence-corrected chi connectivity index (χ1v) is 11.9. The predicted octanol–water partition coefficient (Wildman–Crippen LogP) is 6.61. The van der Waals surface area contributed by atoms with Crippen LogP contribution >= 0.6 is 0 Å². The largest absolute Gasteiger partial charge is 0.480 e. The molecule has 1 atom stereocenters. The van der Waals surface area contributed by atoms with Gasteiger partial charge in [0.05, 0.1) is 5.69 Å². The van der Waals surface area contributed by atoms with Gasteiger partial charge in [-0.15, -0.1) is 0 Å². The molecule has 0 aliphatic carbocycles. The maximum atomic E-state index is 13.4. The average Bonchev–Trinajstić information content (AvgIpc) is 2.89. The number of hydrogen-bond donors (Lipinski definition) is 1. The van der Waals surface area contributed by atoms with Crippen molar-refractivity contribution in [2.24, 2.45) is 0 Å². The quantitative estimate of drug-likeness (QED) is 0.318. The Balaban J connectivity index is 1.48. The van der Waals surface area contributed by atoms with Crippen LogP contribution in [0.3, 0.4) is 0 Å². The Morgan fingerprint density at radius 1 is 0.857 bits per heavy atom. The number of fused-ring (bicyclic) bond motifs is 1. The first-order chi connectivity index (χ1) is 17.0. The van der Waals surface area contributed by atoms with E-state index in [9.17, 15) is 9.59 Å². The van der Waals surface area contributed by atoms with Crippen LogP contribution in [0, 0.1) is 6.92 Å². The second-order valence-electron chi connectivity index (χ2n) is 8.39. The molecule has 178 valence electrons. The second kappa shape index (κ2) is 10.9. The predicted molar refractivity (Wildman–Crippen MR) is 142 cm³/mol. The van der Waals surface area contributed by atoms with Gasteiger partial charge in [0.25, 0.3) is 11.8 Å². The molecule has 1 unspecified atom stereocenters. The molecule has 0 aliphatic heterocycles. The molecule has 5 nitrogen and oxygen atoms in total. The Labute approximate surface area is 206 Å². The van der Waals surface area contributed by atoms with E-state index in [-0.39, 0.29) is 11.8 Å². The van der Waals surface area contributed by atoms with Crippen LogP contribution in [0.4, 0.5) is 11.4 Å². The SMILES string of the molecule is CCC(Oc1ccccc1C)C(=O)Nc1ccc(C(=O)N(CC)c2cccc3ccccc23)cc1. The third-order valence-corrected chi connectivity index (χ3v) is 6.04. The minimum absolute atomic E-state index is 0.0870. The van der Waals surface area contributed by atoms with Crippen LogP contribution in [0.2, 0.25) is 0 Å². The highest BCUT2D eigenvalue weighted by atomic mass is 16.5. The summed E-state index contributed by atoms with van der Waals surface area (Å²) in [6, 6.07) is 28.7. The molecule has 0 aromatic heterocycles. The second-order valence-corrected chi connectivity index (χ2v) is 8.39. The fraction of sp³-hybridized carbons (Fsp3) is 0.200. The van der Waals surface area contributed by atoms with Gasteiger partial charge in [-0.2, -0.15) is 0 Å². The van der Waals surface area contributed by atoms with Crippen molar-refractivity contribution in [1.82, 2.24) is 0 Å². The summed E-state index contributed by atoms with van der Waals surface area (Å²) in [4.78, 5) is 28.0. The summed E-state index contributed by atoms with van der Waals surface area (Å²) in [5.74, 6) is 0.389. The van der Waals surface area contributed by atoms with Crippen LogP contribution in [0.25, 0.3) is 10.8 Å². The molecule has 5 heteroatoms. The molecular formula is C30H30N2O3. The van der Waals surface area contributed by atoms with E-state index in [0.29, 0.717) is 30.0 Å². The summed E-state index contributed by atoms with van der Waals surface area (Å²) in [6.07, 6.45) is -0.0768. The Kier molecular flexibility index (Phi) is 7.46. The van der Waals surface area contributed by atoms with Crippen molar-refractivity contribution in [3.8, 4) is 5.75 Å². The molecule has 0 fully saturated rings. The van der Waals surface area contributed by atoms with Crippen LogP contribution in [0.5, 0.6) is 5.75 Å².